The highest BCUT2D eigenvalue weighted by atomic mass is 16.2. The predicted octanol–water partition coefficient (Wildman–Crippen LogP) is 5.98. The van der Waals surface area contributed by atoms with Gasteiger partial charge in [0.1, 0.15) is 6.04 Å². The van der Waals surface area contributed by atoms with Gasteiger partial charge in [-0.25, -0.2) is 0 Å². The Kier molecular flexibility index (Phi) is 6.82. The largest absolute Gasteiger partial charge is 0.361 e. The lowest BCUT2D eigenvalue weighted by Crippen LogP contribution is -2.39. The Morgan fingerprint density at radius 2 is 1.56 bits per heavy atom. The van der Waals surface area contributed by atoms with Crippen molar-refractivity contribution >= 4 is 28.4 Å². The highest BCUT2D eigenvalue weighted by molar-refractivity contribution is 5.98. The highest BCUT2D eigenvalue weighted by Crippen LogP contribution is 2.26. The number of benzene rings is 3. The fourth-order valence-corrected chi connectivity index (χ4v) is 4.17. The van der Waals surface area contributed by atoms with Gasteiger partial charge in [0.25, 0.3) is 5.91 Å². The molecule has 0 radical (unpaired) electrons. The number of hydrogen-bond donors (Lipinski definition) is 2. The van der Waals surface area contributed by atoms with Gasteiger partial charge in [-0.2, -0.15) is 0 Å². The fraction of sp³-hybridized carbons (Fsp3) is 0.241. The van der Waals surface area contributed by atoms with Gasteiger partial charge in [-0.1, -0.05) is 74.0 Å². The molecule has 1 atom stereocenters. The Balaban J connectivity index is 1.58. The van der Waals surface area contributed by atoms with E-state index in [1.54, 1.807) is 11.9 Å². The zero-order chi connectivity index (χ0) is 24.2. The van der Waals surface area contributed by atoms with Crippen LogP contribution in [-0.2, 0) is 16.0 Å². The lowest BCUT2D eigenvalue weighted by atomic mass is 10.0. The third-order valence-corrected chi connectivity index (χ3v) is 6.28. The van der Waals surface area contributed by atoms with E-state index in [-0.39, 0.29) is 18.2 Å². The van der Waals surface area contributed by atoms with Crippen molar-refractivity contribution in [2.24, 2.45) is 0 Å². The third kappa shape index (κ3) is 5.04. The lowest BCUT2D eigenvalue weighted by molar-refractivity contribution is -0.136. The normalized spacial score (nSPS) is 12.0. The molecule has 2 amide bonds. The number of aromatic amines is 1. The summed E-state index contributed by atoms with van der Waals surface area (Å²) in [5.41, 5.74) is 5.70. The molecule has 0 saturated heterocycles. The Labute approximate surface area is 200 Å². The summed E-state index contributed by atoms with van der Waals surface area (Å²) in [6.45, 7) is 6.27. The number of rotatable bonds is 7. The van der Waals surface area contributed by atoms with Crippen LogP contribution in [0, 0.1) is 6.92 Å². The summed E-state index contributed by atoms with van der Waals surface area (Å²) in [6.07, 6.45) is 2.08. The summed E-state index contributed by atoms with van der Waals surface area (Å²) >= 11 is 0. The Morgan fingerprint density at radius 3 is 2.24 bits per heavy atom. The lowest BCUT2D eigenvalue weighted by Gasteiger charge is -2.28. The quantitative estimate of drug-likeness (QED) is 0.361. The zero-order valence-corrected chi connectivity index (χ0v) is 20.1. The van der Waals surface area contributed by atoms with Crippen molar-refractivity contribution in [2.45, 2.75) is 39.2 Å². The number of likely N-dealkylation sites (N-methyl/N-ethyl adjacent to an activating group) is 1. The topological polar surface area (TPSA) is 65.2 Å². The molecule has 5 nitrogen and oxygen atoms in total. The van der Waals surface area contributed by atoms with Crippen molar-refractivity contribution in [3.8, 4) is 0 Å². The molecule has 4 aromatic rings. The molecule has 1 heterocycles. The molecule has 0 aliphatic rings. The van der Waals surface area contributed by atoms with E-state index in [9.17, 15) is 9.59 Å². The number of amides is 2. The maximum Gasteiger partial charge on any atom is 0.251 e. The van der Waals surface area contributed by atoms with Gasteiger partial charge in [0.15, 0.2) is 0 Å². The Hall–Kier alpha value is -3.86. The van der Waals surface area contributed by atoms with E-state index in [2.05, 4.69) is 24.1 Å². The minimum Gasteiger partial charge on any atom is -0.361 e. The number of nitrogens with one attached hydrogen (secondary N) is 2. The van der Waals surface area contributed by atoms with E-state index in [0.717, 1.165) is 27.6 Å². The van der Waals surface area contributed by atoms with Gasteiger partial charge in [-0.15, -0.1) is 0 Å². The number of fused-ring (bicyclic) bond motifs is 1. The Morgan fingerprint density at radius 1 is 0.912 bits per heavy atom. The average Bonchev–Trinajstić information content (AvgIpc) is 3.23. The number of carbonyl (C=O) groups is 2. The number of aromatic nitrogens is 1. The molecule has 0 aliphatic carbocycles. The molecule has 1 unspecified atom stereocenters. The van der Waals surface area contributed by atoms with Gasteiger partial charge in [-0.05, 0) is 47.7 Å². The van der Waals surface area contributed by atoms with Crippen LogP contribution in [0.15, 0.2) is 79.0 Å². The van der Waals surface area contributed by atoms with E-state index in [0.29, 0.717) is 11.6 Å². The van der Waals surface area contributed by atoms with Gasteiger partial charge in [0, 0.05) is 29.8 Å². The first-order chi connectivity index (χ1) is 16.3. The minimum absolute atomic E-state index is 0.124. The van der Waals surface area contributed by atoms with Crippen LogP contribution in [0.5, 0.6) is 0 Å². The van der Waals surface area contributed by atoms with Crippen LogP contribution in [0.1, 0.15) is 48.1 Å². The predicted molar refractivity (Wildman–Crippen MR) is 138 cm³/mol. The second kappa shape index (κ2) is 9.96. The highest BCUT2D eigenvalue weighted by Gasteiger charge is 2.29. The summed E-state index contributed by atoms with van der Waals surface area (Å²) in [7, 11) is 1.70. The van der Waals surface area contributed by atoms with E-state index in [1.807, 2.05) is 85.9 Å². The summed E-state index contributed by atoms with van der Waals surface area (Å²) in [5, 5.41) is 4.03. The van der Waals surface area contributed by atoms with Crippen molar-refractivity contribution < 1.29 is 9.59 Å². The number of nitrogens with zero attached hydrogens (tertiary/aromatic N) is 1. The summed E-state index contributed by atoms with van der Waals surface area (Å²) in [6, 6.07) is 22.8. The number of hydrogen-bond acceptors (Lipinski definition) is 2. The molecule has 3 aromatic carbocycles. The monoisotopic (exact) mass is 453 g/mol. The van der Waals surface area contributed by atoms with Crippen LogP contribution in [-0.4, -0.2) is 28.7 Å². The number of H-pyrrole nitrogens is 1. The SMILES string of the molecule is Cc1ccc(C(C(=O)Nc2ccc(C(C)C)cc2)N(C)C(=O)Cc2c[nH]c3ccccc23)cc1. The number of anilines is 1. The van der Waals surface area contributed by atoms with Crippen molar-refractivity contribution in [3.63, 3.8) is 0 Å². The van der Waals surface area contributed by atoms with Crippen LogP contribution in [0.3, 0.4) is 0 Å². The van der Waals surface area contributed by atoms with Crippen LogP contribution in [0.25, 0.3) is 10.9 Å². The van der Waals surface area contributed by atoms with E-state index in [1.165, 1.54) is 5.56 Å². The molecule has 4 rings (SSSR count). The van der Waals surface area contributed by atoms with Gasteiger partial charge in [-0.3, -0.25) is 9.59 Å². The summed E-state index contributed by atoms with van der Waals surface area (Å²) in [4.78, 5) is 31.6. The zero-order valence-electron chi connectivity index (χ0n) is 20.1. The molecule has 34 heavy (non-hydrogen) atoms. The van der Waals surface area contributed by atoms with Crippen LogP contribution in [0.4, 0.5) is 5.69 Å². The molecule has 1 aromatic heterocycles. The molecule has 0 spiro atoms. The first-order valence-corrected chi connectivity index (χ1v) is 11.6. The van der Waals surface area contributed by atoms with E-state index < -0.39 is 6.04 Å². The molecule has 0 bridgehead atoms. The fourth-order valence-electron chi connectivity index (χ4n) is 4.17. The average molecular weight is 454 g/mol. The third-order valence-electron chi connectivity index (χ3n) is 6.28. The Bertz CT molecular complexity index is 1290. The second-order valence-corrected chi connectivity index (χ2v) is 9.12. The van der Waals surface area contributed by atoms with Crippen molar-refractivity contribution in [2.75, 3.05) is 12.4 Å². The smallest absolute Gasteiger partial charge is 0.251 e. The molecule has 5 heteroatoms. The van der Waals surface area contributed by atoms with Gasteiger partial charge < -0.3 is 15.2 Å². The molecule has 0 saturated carbocycles. The first-order valence-electron chi connectivity index (χ1n) is 11.6. The summed E-state index contributed by atoms with van der Waals surface area (Å²) < 4.78 is 0. The van der Waals surface area contributed by atoms with Crippen molar-refractivity contribution in [3.05, 3.63) is 101 Å². The second-order valence-electron chi connectivity index (χ2n) is 9.12. The van der Waals surface area contributed by atoms with Crippen LogP contribution >= 0.6 is 0 Å². The first kappa shape index (κ1) is 23.3. The van der Waals surface area contributed by atoms with Crippen LogP contribution in [0.2, 0.25) is 0 Å². The number of carbonyl (C=O) groups excluding carboxylic acids is 2. The minimum atomic E-state index is -0.747. The standard InChI is InChI=1S/C29H31N3O2/c1-19(2)21-13-15-24(16-14-21)31-29(34)28(22-11-9-20(3)10-12-22)32(4)27(33)17-23-18-30-26-8-6-5-7-25(23)26/h5-16,18-19,28,30H,17H2,1-4H3,(H,31,34). The van der Waals surface area contributed by atoms with Gasteiger partial charge in [0.2, 0.25) is 5.91 Å². The molecule has 2 N–H and O–H groups in total. The molecular weight excluding hydrogens is 422 g/mol. The summed E-state index contributed by atoms with van der Waals surface area (Å²) in [5.74, 6) is 0.0508. The molecule has 0 fully saturated rings. The van der Waals surface area contributed by atoms with Gasteiger partial charge in [0.05, 0.1) is 6.42 Å². The van der Waals surface area contributed by atoms with Crippen molar-refractivity contribution in [1.29, 1.82) is 0 Å². The maximum atomic E-state index is 13.5. The van der Waals surface area contributed by atoms with E-state index >= 15 is 0 Å². The molecule has 0 aliphatic heterocycles. The molecular formula is C29H31N3O2. The number of para-hydroxylation sites is 1. The number of aryl methyl sites for hydroxylation is 1. The maximum absolute atomic E-state index is 13.5. The molecule has 174 valence electrons. The van der Waals surface area contributed by atoms with E-state index in [4.69, 9.17) is 0 Å². The van der Waals surface area contributed by atoms with Crippen molar-refractivity contribution in [1.82, 2.24) is 9.88 Å². The van der Waals surface area contributed by atoms with Gasteiger partial charge >= 0.3 is 0 Å². The van der Waals surface area contributed by atoms with Crippen LogP contribution < -0.4 is 5.32 Å².